The van der Waals surface area contributed by atoms with Crippen LogP contribution in [0.5, 0.6) is 0 Å². The van der Waals surface area contributed by atoms with Gasteiger partial charge in [0.25, 0.3) is 0 Å². The normalized spacial score (nSPS) is 21.7. The number of aromatic nitrogens is 1. The van der Waals surface area contributed by atoms with Crippen molar-refractivity contribution >= 4 is 5.69 Å². The minimum Gasteiger partial charge on any atom is -0.394 e. The van der Waals surface area contributed by atoms with Crippen molar-refractivity contribution in [3.8, 4) is 0 Å². The van der Waals surface area contributed by atoms with Gasteiger partial charge >= 0.3 is 0 Å². The summed E-state index contributed by atoms with van der Waals surface area (Å²) in [6.07, 6.45) is 3.63. The number of aliphatic hydroxyl groups is 1. The molecule has 0 spiro atoms. The van der Waals surface area contributed by atoms with E-state index >= 15 is 0 Å². The Morgan fingerprint density at radius 1 is 1.67 bits per heavy atom. The summed E-state index contributed by atoms with van der Waals surface area (Å²) in [6, 6.07) is 2.06. The van der Waals surface area contributed by atoms with Gasteiger partial charge in [-0.3, -0.25) is 4.98 Å². The second kappa shape index (κ2) is 4.59. The van der Waals surface area contributed by atoms with E-state index in [0.29, 0.717) is 6.61 Å². The van der Waals surface area contributed by atoms with Crippen LogP contribution in [0.1, 0.15) is 5.56 Å². The van der Waals surface area contributed by atoms with Crippen molar-refractivity contribution < 1.29 is 9.84 Å². The van der Waals surface area contributed by atoms with Crippen LogP contribution in [-0.2, 0) is 4.74 Å². The number of anilines is 1. The number of aryl methyl sites for hydroxylation is 1. The Kier molecular flexibility index (Phi) is 3.18. The van der Waals surface area contributed by atoms with Crippen molar-refractivity contribution in [3.05, 3.63) is 24.0 Å². The lowest BCUT2D eigenvalue weighted by molar-refractivity contribution is 0.0726. The molecule has 0 bridgehead atoms. The molecule has 1 N–H and O–H groups in total. The van der Waals surface area contributed by atoms with Crippen LogP contribution in [0.4, 0.5) is 5.69 Å². The molecule has 0 radical (unpaired) electrons. The summed E-state index contributed by atoms with van der Waals surface area (Å²) in [5.41, 5.74) is 2.28. The molecule has 4 heteroatoms. The van der Waals surface area contributed by atoms with Gasteiger partial charge < -0.3 is 14.7 Å². The van der Waals surface area contributed by atoms with Crippen LogP contribution in [0.15, 0.2) is 18.5 Å². The molecule has 0 aliphatic carbocycles. The average Bonchev–Trinajstić information content (AvgIpc) is 2.30. The molecule has 0 saturated carbocycles. The lowest BCUT2D eigenvalue weighted by Gasteiger charge is -2.37. The Labute approximate surface area is 89.5 Å². The number of morpholine rings is 1. The fourth-order valence-corrected chi connectivity index (χ4v) is 1.91. The molecular weight excluding hydrogens is 192 g/mol. The molecule has 1 aromatic rings. The first-order valence-corrected chi connectivity index (χ1v) is 5.19. The van der Waals surface area contributed by atoms with Crippen molar-refractivity contribution in [1.29, 1.82) is 0 Å². The highest BCUT2D eigenvalue weighted by Crippen LogP contribution is 2.22. The van der Waals surface area contributed by atoms with Crippen LogP contribution in [0.2, 0.25) is 0 Å². The van der Waals surface area contributed by atoms with E-state index < -0.39 is 0 Å². The molecule has 1 aliphatic rings. The Hall–Kier alpha value is -1.13. The topological polar surface area (TPSA) is 45.6 Å². The highest BCUT2D eigenvalue weighted by atomic mass is 16.5. The SMILES string of the molecule is Cc1cnccc1N1CCOCC1CO. The Bertz CT molecular complexity index is 330. The zero-order valence-electron chi connectivity index (χ0n) is 8.89. The van der Waals surface area contributed by atoms with Crippen LogP contribution in [0.25, 0.3) is 0 Å². The van der Waals surface area contributed by atoms with Crippen LogP contribution in [-0.4, -0.2) is 42.5 Å². The number of nitrogens with zero attached hydrogens (tertiary/aromatic N) is 2. The summed E-state index contributed by atoms with van der Waals surface area (Å²) in [5, 5.41) is 9.28. The summed E-state index contributed by atoms with van der Waals surface area (Å²) >= 11 is 0. The van der Waals surface area contributed by atoms with Crippen molar-refractivity contribution in [2.45, 2.75) is 13.0 Å². The number of hydrogen-bond acceptors (Lipinski definition) is 4. The molecule has 1 unspecified atom stereocenters. The monoisotopic (exact) mass is 208 g/mol. The number of pyridine rings is 1. The van der Waals surface area contributed by atoms with Crippen LogP contribution >= 0.6 is 0 Å². The molecule has 0 aromatic carbocycles. The standard InChI is InChI=1S/C11H16N2O2/c1-9-6-12-3-2-11(9)13-4-5-15-8-10(13)7-14/h2-3,6,10,14H,4-5,7-8H2,1H3. The molecule has 0 amide bonds. The van der Waals surface area contributed by atoms with Crippen LogP contribution in [0.3, 0.4) is 0 Å². The van der Waals surface area contributed by atoms with E-state index in [9.17, 15) is 5.11 Å². The van der Waals surface area contributed by atoms with E-state index in [-0.39, 0.29) is 12.6 Å². The highest BCUT2D eigenvalue weighted by molar-refractivity contribution is 5.52. The van der Waals surface area contributed by atoms with Crippen molar-refractivity contribution in [2.24, 2.45) is 0 Å². The Morgan fingerprint density at radius 3 is 3.27 bits per heavy atom. The third-order valence-electron chi connectivity index (χ3n) is 2.74. The van der Waals surface area contributed by atoms with Gasteiger partial charge in [-0.15, -0.1) is 0 Å². The number of rotatable bonds is 2. The minimum atomic E-state index is 0.0693. The lowest BCUT2D eigenvalue weighted by atomic mass is 10.1. The zero-order valence-corrected chi connectivity index (χ0v) is 8.89. The van der Waals surface area contributed by atoms with Gasteiger partial charge in [0.1, 0.15) is 0 Å². The average molecular weight is 208 g/mol. The number of aliphatic hydroxyl groups excluding tert-OH is 1. The quantitative estimate of drug-likeness (QED) is 0.772. The largest absolute Gasteiger partial charge is 0.394 e. The van der Waals surface area contributed by atoms with Crippen molar-refractivity contribution in [1.82, 2.24) is 4.98 Å². The van der Waals surface area contributed by atoms with E-state index in [2.05, 4.69) is 9.88 Å². The Balaban J connectivity index is 2.24. The third kappa shape index (κ3) is 2.11. The second-order valence-corrected chi connectivity index (χ2v) is 3.77. The van der Waals surface area contributed by atoms with Gasteiger partial charge in [-0.2, -0.15) is 0 Å². The van der Waals surface area contributed by atoms with Crippen LogP contribution < -0.4 is 4.90 Å². The summed E-state index contributed by atoms with van der Waals surface area (Å²) in [5.74, 6) is 0. The van der Waals surface area contributed by atoms with E-state index in [1.165, 1.54) is 0 Å². The maximum absolute atomic E-state index is 9.28. The van der Waals surface area contributed by atoms with E-state index in [1.54, 1.807) is 6.20 Å². The van der Waals surface area contributed by atoms with Crippen molar-refractivity contribution in [3.63, 3.8) is 0 Å². The first-order valence-electron chi connectivity index (χ1n) is 5.19. The smallest absolute Gasteiger partial charge is 0.0755 e. The predicted octanol–water partition coefficient (Wildman–Crippen LogP) is 0.588. The molecule has 2 heterocycles. The zero-order chi connectivity index (χ0) is 10.7. The molecule has 1 aromatic heterocycles. The number of ether oxygens (including phenoxy) is 1. The first-order chi connectivity index (χ1) is 7.33. The van der Waals surface area contributed by atoms with Gasteiger partial charge in [-0.05, 0) is 18.6 Å². The van der Waals surface area contributed by atoms with E-state index in [1.807, 2.05) is 19.2 Å². The number of hydrogen-bond donors (Lipinski definition) is 1. The summed E-state index contributed by atoms with van der Waals surface area (Å²) in [4.78, 5) is 6.27. The van der Waals surface area contributed by atoms with Gasteiger partial charge in [0.15, 0.2) is 0 Å². The minimum absolute atomic E-state index is 0.0693. The maximum Gasteiger partial charge on any atom is 0.0755 e. The van der Waals surface area contributed by atoms with E-state index in [4.69, 9.17) is 4.74 Å². The van der Waals surface area contributed by atoms with Crippen molar-refractivity contribution in [2.75, 3.05) is 31.3 Å². The van der Waals surface area contributed by atoms with Gasteiger partial charge in [-0.25, -0.2) is 0 Å². The fourth-order valence-electron chi connectivity index (χ4n) is 1.91. The molecular formula is C11H16N2O2. The maximum atomic E-state index is 9.28. The Morgan fingerprint density at radius 2 is 2.53 bits per heavy atom. The summed E-state index contributed by atoms with van der Waals surface area (Å²) in [7, 11) is 0. The van der Waals surface area contributed by atoms with Gasteiger partial charge in [0.05, 0.1) is 25.9 Å². The van der Waals surface area contributed by atoms with Gasteiger partial charge in [-0.1, -0.05) is 0 Å². The summed E-state index contributed by atoms with van der Waals surface area (Å²) < 4.78 is 5.35. The molecule has 82 valence electrons. The molecule has 1 aliphatic heterocycles. The van der Waals surface area contributed by atoms with Gasteiger partial charge in [0, 0.05) is 24.6 Å². The van der Waals surface area contributed by atoms with E-state index in [0.717, 1.165) is 24.4 Å². The fraction of sp³-hybridized carbons (Fsp3) is 0.545. The predicted molar refractivity (Wildman–Crippen MR) is 58.0 cm³/mol. The molecule has 4 nitrogen and oxygen atoms in total. The second-order valence-electron chi connectivity index (χ2n) is 3.77. The van der Waals surface area contributed by atoms with Crippen LogP contribution in [0, 0.1) is 6.92 Å². The summed E-state index contributed by atoms with van der Waals surface area (Å²) in [6.45, 7) is 4.31. The lowest BCUT2D eigenvalue weighted by Crippen LogP contribution is -2.47. The molecule has 1 atom stereocenters. The molecule has 1 fully saturated rings. The highest BCUT2D eigenvalue weighted by Gasteiger charge is 2.23. The first kappa shape index (κ1) is 10.4. The molecule has 2 rings (SSSR count). The third-order valence-corrected chi connectivity index (χ3v) is 2.74. The molecule has 1 saturated heterocycles. The van der Waals surface area contributed by atoms with Gasteiger partial charge in [0.2, 0.25) is 0 Å². The molecule has 15 heavy (non-hydrogen) atoms.